The second kappa shape index (κ2) is 12.9. The van der Waals surface area contributed by atoms with E-state index >= 15 is 0 Å². The number of nitrogen functional groups attached to an aromatic ring is 1. The van der Waals surface area contributed by atoms with Gasteiger partial charge in [-0.25, -0.2) is 4.98 Å². The average molecular weight is 504 g/mol. The van der Waals surface area contributed by atoms with Crippen LogP contribution in [-0.2, 0) is 13.1 Å². The summed E-state index contributed by atoms with van der Waals surface area (Å²) in [6.07, 6.45) is 3.42. The molecule has 0 bridgehead atoms. The molecule has 3 heterocycles. The molecule has 8 nitrogen and oxygen atoms in total. The molecule has 1 saturated heterocycles. The minimum Gasteiger partial charge on any atom is -0.397 e. The maximum Gasteiger partial charge on any atom is 0.222 e. The largest absolute Gasteiger partial charge is 0.397 e. The summed E-state index contributed by atoms with van der Waals surface area (Å²) in [5.41, 5.74) is 11.8. The van der Waals surface area contributed by atoms with Crippen molar-refractivity contribution in [2.75, 3.05) is 44.3 Å². The van der Waals surface area contributed by atoms with E-state index in [9.17, 15) is 0 Å². The van der Waals surface area contributed by atoms with E-state index < -0.39 is 0 Å². The number of hydrogen-bond donors (Lipinski definition) is 4. The number of anilines is 2. The van der Waals surface area contributed by atoms with Gasteiger partial charge in [0.1, 0.15) is 11.0 Å². The zero-order chi connectivity index (χ0) is 26.2. The molecule has 5 N–H and O–H groups in total. The number of hydrogen-bond acceptors (Lipinski definition) is 7. The fraction of sp³-hybridized carbons (Fsp3) is 0.448. The number of aromatic nitrogens is 3. The van der Waals surface area contributed by atoms with Gasteiger partial charge in [-0.15, -0.1) is 0 Å². The monoisotopic (exact) mass is 503 g/mol. The molecule has 4 aromatic rings. The summed E-state index contributed by atoms with van der Waals surface area (Å²) in [6, 6.07) is 17.9. The lowest BCUT2D eigenvalue weighted by atomic mass is 10.1. The SMILES string of the molecule is CCCCNc1nc(N)nc2c3ccccc3n(Cc3cccc(CNC4CCN(C)C4)c3)c12.CCO. The van der Waals surface area contributed by atoms with Crippen LogP contribution in [0, 0.1) is 0 Å². The van der Waals surface area contributed by atoms with Crippen molar-refractivity contribution in [3.05, 3.63) is 59.7 Å². The number of fused-ring (bicyclic) bond motifs is 3. The molecule has 0 aliphatic carbocycles. The number of para-hydroxylation sites is 1. The molecule has 198 valence electrons. The molecular formula is C29H41N7O. The molecule has 0 saturated carbocycles. The molecule has 1 aliphatic rings. The summed E-state index contributed by atoms with van der Waals surface area (Å²) < 4.78 is 2.33. The van der Waals surface area contributed by atoms with Gasteiger partial charge >= 0.3 is 0 Å². The second-order valence-electron chi connectivity index (χ2n) is 9.78. The summed E-state index contributed by atoms with van der Waals surface area (Å²) in [5.74, 6) is 1.12. The van der Waals surface area contributed by atoms with Crippen LogP contribution in [0.2, 0.25) is 0 Å². The van der Waals surface area contributed by atoms with Gasteiger partial charge in [0.2, 0.25) is 5.95 Å². The van der Waals surface area contributed by atoms with Gasteiger partial charge in [0.25, 0.3) is 0 Å². The highest BCUT2D eigenvalue weighted by molar-refractivity contribution is 6.09. The first-order chi connectivity index (χ1) is 18.0. The van der Waals surface area contributed by atoms with Gasteiger partial charge in [0.05, 0.1) is 5.52 Å². The summed E-state index contributed by atoms with van der Waals surface area (Å²) >= 11 is 0. The van der Waals surface area contributed by atoms with Gasteiger partial charge in [-0.3, -0.25) is 0 Å². The Balaban J connectivity index is 0.00000102. The third-order valence-electron chi connectivity index (χ3n) is 6.76. The zero-order valence-electron chi connectivity index (χ0n) is 22.4. The van der Waals surface area contributed by atoms with Crippen LogP contribution < -0.4 is 16.4 Å². The number of aliphatic hydroxyl groups excluding tert-OH is 1. The number of benzene rings is 2. The van der Waals surface area contributed by atoms with Crippen molar-refractivity contribution in [3.8, 4) is 0 Å². The molecule has 2 aromatic carbocycles. The molecule has 0 radical (unpaired) electrons. The molecule has 5 rings (SSSR count). The number of unbranched alkanes of at least 4 members (excludes halogenated alkanes) is 1. The van der Waals surface area contributed by atoms with E-state index in [-0.39, 0.29) is 6.61 Å². The quantitative estimate of drug-likeness (QED) is 0.254. The summed E-state index contributed by atoms with van der Waals surface area (Å²) in [6.45, 7) is 8.92. The predicted molar refractivity (Wildman–Crippen MR) is 154 cm³/mol. The van der Waals surface area contributed by atoms with Gasteiger partial charge in [0, 0.05) is 44.2 Å². The van der Waals surface area contributed by atoms with Gasteiger partial charge < -0.3 is 30.9 Å². The van der Waals surface area contributed by atoms with E-state index in [0.717, 1.165) is 66.8 Å². The van der Waals surface area contributed by atoms with Crippen LogP contribution in [0.4, 0.5) is 11.8 Å². The molecule has 0 spiro atoms. The summed E-state index contributed by atoms with van der Waals surface area (Å²) in [7, 11) is 2.19. The fourth-order valence-electron chi connectivity index (χ4n) is 5.00. The number of likely N-dealkylation sites (tertiary alicyclic amines) is 1. The Bertz CT molecular complexity index is 1300. The van der Waals surface area contributed by atoms with Crippen molar-refractivity contribution >= 4 is 33.7 Å². The van der Waals surface area contributed by atoms with E-state index in [4.69, 9.17) is 10.8 Å². The van der Waals surface area contributed by atoms with Crippen LogP contribution in [0.5, 0.6) is 0 Å². The van der Waals surface area contributed by atoms with Crippen LogP contribution in [0.3, 0.4) is 0 Å². The first-order valence-electron chi connectivity index (χ1n) is 13.4. The number of nitrogens with zero attached hydrogens (tertiary/aromatic N) is 4. The van der Waals surface area contributed by atoms with Gasteiger partial charge in [-0.2, -0.15) is 4.98 Å². The molecule has 0 amide bonds. The number of aliphatic hydroxyl groups is 1. The molecule has 37 heavy (non-hydrogen) atoms. The molecule has 1 unspecified atom stereocenters. The molecule has 8 heteroatoms. The molecule has 2 aromatic heterocycles. The molecule has 1 aliphatic heterocycles. The van der Waals surface area contributed by atoms with Gasteiger partial charge in [0.15, 0.2) is 5.82 Å². The van der Waals surface area contributed by atoms with E-state index in [1.807, 2.05) is 0 Å². The van der Waals surface area contributed by atoms with Gasteiger partial charge in [-0.05, 0) is 50.6 Å². The van der Waals surface area contributed by atoms with Crippen LogP contribution >= 0.6 is 0 Å². The maximum absolute atomic E-state index is 7.57. The highest BCUT2D eigenvalue weighted by Crippen LogP contribution is 2.33. The molecule has 1 fully saturated rings. The third-order valence-corrected chi connectivity index (χ3v) is 6.76. The van der Waals surface area contributed by atoms with Gasteiger partial charge in [-0.1, -0.05) is 55.8 Å². The van der Waals surface area contributed by atoms with Crippen molar-refractivity contribution in [1.82, 2.24) is 24.8 Å². The lowest BCUT2D eigenvalue weighted by Crippen LogP contribution is -2.30. The summed E-state index contributed by atoms with van der Waals surface area (Å²) in [4.78, 5) is 11.6. The van der Waals surface area contributed by atoms with E-state index in [0.29, 0.717) is 12.0 Å². The Labute approximate surface area is 219 Å². The standard InChI is InChI=1S/C27H35N7.C2H6O/c1-3-4-13-29-26-25-24(31-27(28)32-26)22-10-5-6-11-23(22)34(25)17-20-9-7-8-19(15-20)16-30-21-12-14-33(2)18-21;1-2-3/h5-11,15,21,30H,3-4,12-14,16-18H2,1-2H3,(H3,28,29,31,32);3H,2H2,1H3. The van der Waals surface area contributed by atoms with Crippen molar-refractivity contribution in [2.45, 2.75) is 52.2 Å². The van der Waals surface area contributed by atoms with Crippen LogP contribution in [0.25, 0.3) is 21.9 Å². The Kier molecular flexibility index (Phi) is 9.33. The first-order valence-corrected chi connectivity index (χ1v) is 13.4. The maximum atomic E-state index is 7.57. The minimum absolute atomic E-state index is 0.250. The van der Waals surface area contributed by atoms with Crippen molar-refractivity contribution in [1.29, 1.82) is 0 Å². The van der Waals surface area contributed by atoms with E-state index in [1.165, 1.54) is 24.1 Å². The predicted octanol–water partition coefficient (Wildman–Crippen LogP) is 4.22. The number of rotatable bonds is 9. The number of nitrogens with one attached hydrogen (secondary N) is 2. The van der Waals surface area contributed by atoms with Crippen molar-refractivity contribution in [2.24, 2.45) is 0 Å². The highest BCUT2D eigenvalue weighted by atomic mass is 16.2. The molecular weight excluding hydrogens is 462 g/mol. The zero-order valence-corrected chi connectivity index (χ0v) is 22.4. The van der Waals surface area contributed by atoms with Crippen LogP contribution in [0.15, 0.2) is 48.5 Å². The third kappa shape index (κ3) is 6.57. The Hall–Kier alpha value is -3.20. The minimum atomic E-state index is 0.250. The Morgan fingerprint density at radius 3 is 2.62 bits per heavy atom. The lowest BCUT2D eigenvalue weighted by Gasteiger charge is -2.15. The Morgan fingerprint density at radius 2 is 1.86 bits per heavy atom. The second-order valence-corrected chi connectivity index (χ2v) is 9.78. The summed E-state index contributed by atoms with van der Waals surface area (Å²) in [5, 5.41) is 15.9. The Morgan fingerprint density at radius 1 is 1.08 bits per heavy atom. The molecule has 1 atom stereocenters. The fourth-order valence-corrected chi connectivity index (χ4v) is 5.00. The van der Waals surface area contributed by atoms with Crippen LogP contribution in [0.1, 0.15) is 44.2 Å². The normalized spacial score (nSPS) is 15.7. The number of nitrogens with two attached hydrogens (primary N) is 1. The lowest BCUT2D eigenvalue weighted by molar-refractivity contribution is 0.318. The van der Waals surface area contributed by atoms with Crippen LogP contribution in [-0.4, -0.2) is 63.9 Å². The average Bonchev–Trinajstić information content (AvgIpc) is 3.45. The smallest absolute Gasteiger partial charge is 0.222 e. The van der Waals surface area contributed by atoms with E-state index in [1.54, 1.807) is 6.92 Å². The van der Waals surface area contributed by atoms with Crippen molar-refractivity contribution in [3.63, 3.8) is 0 Å². The van der Waals surface area contributed by atoms with E-state index in [2.05, 4.69) is 92.6 Å². The first kappa shape index (κ1) is 26.9. The highest BCUT2D eigenvalue weighted by Gasteiger charge is 2.19. The number of likely N-dealkylation sites (N-methyl/N-ethyl adjacent to an activating group) is 1. The van der Waals surface area contributed by atoms with Crippen molar-refractivity contribution < 1.29 is 5.11 Å². The topological polar surface area (TPSA) is 104 Å².